The average Bonchev–Trinajstić information content (AvgIpc) is 2.47. The average molecular weight is 339 g/mol. The summed E-state index contributed by atoms with van der Waals surface area (Å²) >= 11 is 3.45. The van der Waals surface area contributed by atoms with E-state index >= 15 is 0 Å². The van der Waals surface area contributed by atoms with Gasteiger partial charge in [-0.25, -0.2) is 4.98 Å². The number of nitro benzene ring substituents is 1. The van der Waals surface area contributed by atoms with E-state index in [1.165, 1.54) is 6.07 Å². The van der Waals surface area contributed by atoms with Gasteiger partial charge in [-0.15, -0.1) is 0 Å². The zero-order valence-electron chi connectivity index (χ0n) is 11.1. The summed E-state index contributed by atoms with van der Waals surface area (Å²) in [6.45, 7) is 2.67. The molecule has 1 aromatic heterocycles. The molecule has 0 bridgehead atoms. The van der Waals surface area contributed by atoms with Gasteiger partial charge in [0.15, 0.2) is 5.52 Å². The second kappa shape index (κ2) is 6.65. The highest BCUT2D eigenvalue weighted by molar-refractivity contribution is 9.09. The number of halogens is 1. The minimum absolute atomic E-state index is 0.000447. The minimum atomic E-state index is -0.424. The molecule has 0 aliphatic heterocycles. The van der Waals surface area contributed by atoms with Gasteiger partial charge in [-0.1, -0.05) is 22.9 Å². The van der Waals surface area contributed by atoms with Crippen molar-refractivity contribution in [1.82, 2.24) is 4.98 Å². The van der Waals surface area contributed by atoms with Crippen LogP contribution >= 0.6 is 15.9 Å². The third-order valence-electron chi connectivity index (χ3n) is 3.18. The number of fused-ring (bicyclic) bond motifs is 1. The highest BCUT2D eigenvalue weighted by atomic mass is 79.9. The van der Waals surface area contributed by atoms with Gasteiger partial charge in [0, 0.05) is 28.9 Å². The summed E-state index contributed by atoms with van der Waals surface area (Å²) in [7, 11) is 0. The van der Waals surface area contributed by atoms with Crippen LogP contribution in [0.3, 0.4) is 0 Å². The Morgan fingerprint density at radius 2 is 2.25 bits per heavy atom. The number of aromatic nitrogens is 1. The summed E-state index contributed by atoms with van der Waals surface area (Å²) in [5.74, 6) is 1.05. The van der Waals surface area contributed by atoms with Crippen molar-refractivity contribution in [1.29, 1.82) is 0 Å². The van der Waals surface area contributed by atoms with E-state index in [9.17, 15) is 10.1 Å². The molecule has 0 spiro atoms. The molecule has 1 aromatic carbocycles. The quantitative estimate of drug-likeness (QED) is 0.454. The maximum Gasteiger partial charge on any atom is 0.295 e. The molecule has 0 saturated heterocycles. The third-order valence-corrected chi connectivity index (χ3v) is 4.09. The van der Waals surface area contributed by atoms with Crippen LogP contribution in [0.1, 0.15) is 13.3 Å². The fourth-order valence-corrected chi connectivity index (χ4v) is 2.53. The Morgan fingerprint density at radius 3 is 2.90 bits per heavy atom. The molecule has 6 heteroatoms. The molecule has 0 radical (unpaired) electrons. The zero-order chi connectivity index (χ0) is 14.5. The number of non-ortho nitro benzene ring substituents is 1. The molecule has 20 heavy (non-hydrogen) atoms. The van der Waals surface area contributed by atoms with Crippen LogP contribution in [0, 0.1) is 16.0 Å². The van der Waals surface area contributed by atoms with E-state index in [-0.39, 0.29) is 5.69 Å². The fourth-order valence-electron chi connectivity index (χ4n) is 1.88. The van der Waals surface area contributed by atoms with Crippen LogP contribution in [0.5, 0.6) is 5.75 Å². The van der Waals surface area contributed by atoms with E-state index in [0.29, 0.717) is 29.2 Å². The van der Waals surface area contributed by atoms with E-state index in [1.54, 1.807) is 24.4 Å². The van der Waals surface area contributed by atoms with Gasteiger partial charge in [0.1, 0.15) is 5.75 Å². The number of ether oxygens (including phenoxy) is 1. The Hall–Kier alpha value is -1.69. The van der Waals surface area contributed by atoms with Crippen molar-refractivity contribution in [3.8, 4) is 5.75 Å². The SMILES string of the molecule is CCC(CBr)COc1ccc([N+](=O)[O-])c2ncccc12. The van der Waals surface area contributed by atoms with Gasteiger partial charge in [-0.2, -0.15) is 0 Å². The molecule has 0 amide bonds. The highest BCUT2D eigenvalue weighted by Crippen LogP contribution is 2.31. The van der Waals surface area contributed by atoms with Crippen LogP contribution < -0.4 is 4.74 Å². The maximum absolute atomic E-state index is 11.0. The summed E-state index contributed by atoms with van der Waals surface area (Å²) in [4.78, 5) is 14.7. The van der Waals surface area contributed by atoms with Crippen LogP contribution in [0.15, 0.2) is 30.5 Å². The largest absolute Gasteiger partial charge is 0.493 e. The van der Waals surface area contributed by atoms with Crippen molar-refractivity contribution < 1.29 is 9.66 Å². The van der Waals surface area contributed by atoms with Crippen LogP contribution in [0.2, 0.25) is 0 Å². The summed E-state index contributed by atoms with van der Waals surface area (Å²) in [5, 5.41) is 12.5. The maximum atomic E-state index is 11.0. The summed E-state index contributed by atoms with van der Waals surface area (Å²) in [6, 6.07) is 6.63. The molecule has 0 aliphatic carbocycles. The third kappa shape index (κ3) is 3.07. The molecule has 1 unspecified atom stereocenters. The number of hydrogen-bond donors (Lipinski definition) is 0. The van der Waals surface area contributed by atoms with Crippen LogP contribution in [-0.2, 0) is 0 Å². The van der Waals surface area contributed by atoms with Gasteiger partial charge < -0.3 is 4.74 Å². The molecule has 0 N–H and O–H groups in total. The number of rotatable bonds is 6. The number of benzene rings is 1. The topological polar surface area (TPSA) is 65.3 Å². The minimum Gasteiger partial charge on any atom is -0.493 e. The summed E-state index contributed by atoms with van der Waals surface area (Å²) in [6.07, 6.45) is 2.56. The molecule has 0 saturated carbocycles. The first-order valence-corrected chi connectivity index (χ1v) is 7.50. The molecule has 1 heterocycles. The standard InChI is InChI=1S/C14H15BrN2O3/c1-2-10(8-15)9-20-13-6-5-12(17(18)19)14-11(13)4-3-7-16-14/h3-7,10H,2,8-9H2,1H3. The van der Waals surface area contributed by atoms with Gasteiger partial charge in [0.2, 0.25) is 0 Å². The van der Waals surface area contributed by atoms with E-state index in [4.69, 9.17) is 4.74 Å². The normalized spacial score (nSPS) is 12.3. The predicted molar refractivity (Wildman–Crippen MR) is 81.5 cm³/mol. The lowest BCUT2D eigenvalue weighted by Gasteiger charge is -2.14. The molecule has 2 aromatic rings. The van der Waals surface area contributed by atoms with E-state index in [2.05, 4.69) is 27.8 Å². The van der Waals surface area contributed by atoms with Crippen molar-refractivity contribution >= 4 is 32.5 Å². The Kier molecular flexibility index (Phi) is 4.89. The Balaban J connectivity index is 2.36. The number of hydrogen-bond acceptors (Lipinski definition) is 4. The molecular formula is C14H15BrN2O3. The highest BCUT2D eigenvalue weighted by Gasteiger charge is 2.16. The molecular weight excluding hydrogens is 324 g/mol. The Labute approximate surface area is 125 Å². The van der Waals surface area contributed by atoms with Gasteiger partial charge >= 0.3 is 0 Å². The lowest BCUT2D eigenvalue weighted by molar-refractivity contribution is -0.383. The summed E-state index contributed by atoms with van der Waals surface area (Å²) < 4.78 is 5.81. The predicted octanol–water partition coefficient (Wildman–Crippen LogP) is 3.94. The number of alkyl halides is 1. The van der Waals surface area contributed by atoms with Crippen molar-refractivity contribution in [2.75, 3.05) is 11.9 Å². The molecule has 1 atom stereocenters. The number of nitro groups is 1. The number of pyridine rings is 1. The van der Waals surface area contributed by atoms with Crippen LogP contribution in [-0.4, -0.2) is 21.8 Å². The van der Waals surface area contributed by atoms with Crippen LogP contribution in [0.4, 0.5) is 5.69 Å². The van der Waals surface area contributed by atoms with Gasteiger partial charge in [-0.3, -0.25) is 10.1 Å². The smallest absolute Gasteiger partial charge is 0.295 e. The van der Waals surface area contributed by atoms with E-state index in [1.807, 2.05) is 0 Å². The van der Waals surface area contributed by atoms with Gasteiger partial charge in [0.25, 0.3) is 5.69 Å². The summed E-state index contributed by atoms with van der Waals surface area (Å²) in [5.41, 5.74) is 0.363. The zero-order valence-corrected chi connectivity index (χ0v) is 12.7. The van der Waals surface area contributed by atoms with E-state index < -0.39 is 4.92 Å². The molecule has 0 fully saturated rings. The van der Waals surface area contributed by atoms with Crippen molar-refractivity contribution in [2.24, 2.45) is 5.92 Å². The lowest BCUT2D eigenvalue weighted by Crippen LogP contribution is -2.12. The second-order valence-corrected chi connectivity index (χ2v) is 5.13. The first-order valence-electron chi connectivity index (χ1n) is 6.38. The van der Waals surface area contributed by atoms with Crippen molar-refractivity contribution in [3.63, 3.8) is 0 Å². The fraction of sp³-hybridized carbons (Fsp3) is 0.357. The first kappa shape index (κ1) is 14.7. The second-order valence-electron chi connectivity index (χ2n) is 4.48. The number of nitrogens with zero attached hydrogens (tertiary/aromatic N) is 2. The monoisotopic (exact) mass is 338 g/mol. The van der Waals surface area contributed by atoms with Crippen molar-refractivity contribution in [3.05, 3.63) is 40.6 Å². The van der Waals surface area contributed by atoms with Gasteiger partial charge in [0.05, 0.1) is 11.5 Å². The molecule has 0 aliphatic rings. The molecule has 2 rings (SSSR count). The Morgan fingerprint density at radius 1 is 1.45 bits per heavy atom. The molecule has 106 valence electrons. The Bertz CT molecular complexity index is 614. The van der Waals surface area contributed by atoms with Crippen LogP contribution in [0.25, 0.3) is 10.9 Å². The van der Waals surface area contributed by atoms with E-state index in [0.717, 1.165) is 11.8 Å². The molecule has 5 nitrogen and oxygen atoms in total. The first-order chi connectivity index (χ1) is 9.67. The van der Waals surface area contributed by atoms with Gasteiger partial charge in [-0.05, 0) is 24.6 Å². The lowest BCUT2D eigenvalue weighted by atomic mass is 10.1. The van der Waals surface area contributed by atoms with Crippen molar-refractivity contribution in [2.45, 2.75) is 13.3 Å².